The monoisotopic (exact) mass is 437 g/mol. The molecule has 0 saturated heterocycles. The van der Waals surface area contributed by atoms with E-state index < -0.39 is 11.3 Å². The molecular weight excluding hydrogens is 402 g/mol. The zero-order valence-electron chi connectivity index (χ0n) is 19.9. The van der Waals surface area contributed by atoms with E-state index in [0.717, 1.165) is 25.7 Å². The van der Waals surface area contributed by atoms with Gasteiger partial charge in [-0.15, -0.1) is 0 Å². The third-order valence-electron chi connectivity index (χ3n) is 7.30. The second-order valence-electron chi connectivity index (χ2n) is 10.2. The van der Waals surface area contributed by atoms with Crippen molar-refractivity contribution in [2.24, 2.45) is 0 Å². The lowest BCUT2D eigenvalue weighted by atomic mass is 9.66. The number of aryl methyl sites for hydroxylation is 2. The van der Waals surface area contributed by atoms with Crippen LogP contribution in [-0.4, -0.2) is 37.5 Å². The van der Waals surface area contributed by atoms with Crippen molar-refractivity contribution in [1.82, 2.24) is 14.5 Å². The Bertz CT molecular complexity index is 1080. The molecule has 1 aromatic heterocycles. The topological polar surface area (TPSA) is 75.4 Å². The van der Waals surface area contributed by atoms with Crippen molar-refractivity contribution in [3.8, 4) is 5.75 Å². The van der Waals surface area contributed by atoms with E-state index in [1.807, 2.05) is 25.3 Å². The molecule has 2 aromatic rings. The first-order valence-electron chi connectivity index (χ1n) is 11.9. The number of amides is 1. The lowest BCUT2D eigenvalue weighted by Crippen LogP contribution is -2.52. The molecule has 1 amide bonds. The van der Waals surface area contributed by atoms with Crippen LogP contribution >= 0.6 is 0 Å². The van der Waals surface area contributed by atoms with E-state index in [0.29, 0.717) is 18.8 Å². The molecule has 0 unspecified atom stereocenters. The Hall–Kier alpha value is -2.63. The van der Waals surface area contributed by atoms with E-state index in [1.165, 1.54) is 23.1 Å². The number of benzene rings is 1. The van der Waals surface area contributed by atoms with Gasteiger partial charge < -0.3 is 14.6 Å². The summed E-state index contributed by atoms with van der Waals surface area (Å²) in [6.45, 7) is 10.7. The third-order valence-corrected chi connectivity index (χ3v) is 7.30. The molecule has 1 aliphatic carbocycles. The second-order valence-corrected chi connectivity index (χ2v) is 10.2. The maximum Gasteiger partial charge on any atom is 0.315 e. The summed E-state index contributed by atoms with van der Waals surface area (Å²) >= 11 is 0. The van der Waals surface area contributed by atoms with Crippen LogP contribution in [0, 0.1) is 13.8 Å². The van der Waals surface area contributed by atoms with Gasteiger partial charge in [-0.25, -0.2) is 0 Å². The van der Waals surface area contributed by atoms with Gasteiger partial charge in [-0.2, -0.15) is 4.98 Å². The van der Waals surface area contributed by atoms with E-state index in [2.05, 4.69) is 37.0 Å². The van der Waals surface area contributed by atoms with Crippen LogP contribution in [0.1, 0.15) is 85.9 Å². The van der Waals surface area contributed by atoms with Crippen molar-refractivity contribution < 1.29 is 9.90 Å². The largest absolute Gasteiger partial charge is 0.501 e. The average Bonchev–Trinajstić information content (AvgIpc) is 2.71. The van der Waals surface area contributed by atoms with E-state index in [1.54, 1.807) is 4.90 Å². The summed E-state index contributed by atoms with van der Waals surface area (Å²) in [5.41, 5.74) is 3.04. The van der Waals surface area contributed by atoms with Gasteiger partial charge >= 0.3 is 5.56 Å². The lowest BCUT2D eigenvalue weighted by molar-refractivity contribution is 0.0523. The number of nitrogens with zero attached hydrogens (tertiary/aromatic N) is 3. The molecule has 172 valence electrons. The smallest absolute Gasteiger partial charge is 0.315 e. The van der Waals surface area contributed by atoms with Crippen molar-refractivity contribution >= 4 is 5.91 Å². The molecule has 1 saturated carbocycles. The Labute approximate surface area is 190 Å². The van der Waals surface area contributed by atoms with Crippen LogP contribution in [0.15, 0.2) is 23.0 Å². The van der Waals surface area contributed by atoms with Crippen molar-refractivity contribution in [2.45, 2.75) is 97.2 Å². The van der Waals surface area contributed by atoms with E-state index in [9.17, 15) is 14.7 Å². The Kier molecular flexibility index (Phi) is 5.91. The van der Waals surface area contributed by atoms with Crippen LogP contribution in [0.4, 0.5) is 0 Å². The summed E-state index contributed by atoms with van der Waals surface area (Å²) in [5, 5.41) is 10.5. The predicted molar refractivity (Wildman–Crippen MR) is 125 cm³/mol. The van der Waals surface area contributed by atoms with Crippen LogP contribution in [0.5, 0.6) is 5.75 Å². The first-order valence-corrected chi connectivity index (χ1v) is 11.9. The van der Waals surface area contributed by atoms with Gasteiger partial charge in [0.05, 0.1) is 0 Å². The van der Waals surface area contributed by atoms with Crippen LogP contribution in [0.2, 0.25) is 0 Å². The van der Waals surface area contributed by atoms with Gasteiger partial charge in [-0.05, 0) is 53.0 Å². The molecule has 1 aromatic carbocycles. The second kappa shape index (κ2) is 8.38. The number of carbonyl (C=O) groups excluding carboxylic acids is 1. The molecule has 2 heterocycles. The Morgan fingerprint density at radius 3 is 2.31 bits per heavy atom. The van der Waals surface area contributed by atoms with Gasteiger partial charge in [0.25, 0.3) is 5.91 Å². The minimum absolute atomic E-state index is 0.0164. The zero-order chi connectivity index (χ0) is 23.2. The molecule has 1 aliphatic heterocycles. The normalized spacial score (nSPS) is 20.5. The number of hydrogen-bond donors (Lipinski definition) is 1. The fraction of sp³-hybridized carbons (Fsp3) is 0.577. The first-order chi connectivity index (χ1) is 15.1. The number of aromatic hydroxyl groups is 1. The number of carbonyl (C=O) groups is 1. The molecule has 1 N–H and O–H groups in total. The number of fused-ring (bicyclic) bond motifs is 1. The highest BCUT2D eigenvalue weighted by Gasteiger charge is 2.40. The van der Waals surface area contributed by atoms with E-state index >= 15 is 0 Å². The van der Waals surface area contributed by atoms with Crippen molar-refractivity contribution in [3.05, 3.63) is 56.8 Å². The molecule has 6 nitrogen and oxygen atoms in total. The standard InChI is InChI=1S/C26H35N3O3/c1-16(2)29-19(5)15-28-21(27-24(31)23(30)22(28)25(29)32)14-26(9-7-6-8-10-26)20-12-17(3)11-18(4)13-20/h11-13,16,19,30H,6-10,14-15H2,1-5H3/t19-/m0/s1. The number of rotatable bonds is 4. The minimum atomic E-state index is -0.704. The summed E-state index contributed by atoms with van der Waals surface area (Å²) in [6, 6.07) is 6.66. The van der Waals surface area contributed by atoms with Gasteiger partial charge in [-0.1, -0.05) is 48.6 Å². The summed E-state index contributed by atoms with van der Waals surface area (Å²) in [5.74, 6) is -0.200. The van der Waals surface area contributed by atoms with Crippen LogP contribution in [0.3, 0.4) is 0 Å². The molecule has 0 bridgehead atoms. The summed E-state index contributed by atoms with van der Waals surface area (Å²) in [4.78, 5) is 32.0. The first kappa shape index (κ1) is 22.6. The van der Waals surface area contributed by atoms with Gasteiger partial charge in [0.15, 0.2) is 5.69 Å². The third kappa shape index (κ3) is 3.84. The van der Waals surface area contributed by atoms with Gasteiger partial charge in [0.2, 0.25) is 5.75 Å². The molecule has 1 atom stereocenters. The summed E-state index contributed by atoms with van der Waals surface area (Å²) in [7, 11) is 0. The molecule has 0 radical (unpaired) electrons. The molecule has 2 aliphatic rings. The minimum Gasteiger partial charge on any atom is -0.501 e. The highest BCUT2D eigenvalue weighted by molar-refractivity contribution is 5.96. The predicted octanol–water partition coefficient (Wildman–Crippen LogP) is 4.26. The summed E-state index contributed by atoms with van der Waals surface area (Å²) in [6.07, 6.45) is 6.15. The average molecular weight is 438 g/mol. The Balaban J connectivity index is 1.86. The lowest BCUT2D eigenvalue weighted by Gasteiger charge is -2.41. The van der Waals surface area contributed by atoms with Crippen molar-refractivity contribution in [2.75, 3.05) is 0 Å². The van der Waals surface area contributed by atoms with Crippen LogP contribution in [-0.2, 0) is 18.4 Å². The summed E-state index contributed by atoms with van der Waals surface area (Å²) < 4.78 is 1.82. The molecular formula is C26H35N3O3. The van der Waals surface area contributed by atoms with Crippen LogP contribution in [0.25, 0.3) is 0 Å². The molecule has 32 heavy (non-hydrogen) atoms. The van der Waals surface area contributed by atoms with Gasteiger partial charge in [0.1, 0.15) is 5.82 Å². The van der Waals surface area contributed by atoms with Gasteiger partial charge in [0, 0.05) is 30.5 Å². The highest BCUT2D eigenvalue weighted by atomic mass is 16.3. The van der Waals surface area contributed by atoms with Crippen molar-refractivity contribution in [3.63, 3.8) is 0 Å². The van der Waals surface area contributed by atoms with E-state index in [4.69, 9.17) is 0 Å². The van der Waals surface area contributed by atoms with Crippen molar-refractivity contribution in [1.29, 1.82) is 0 Å². The fourth-order valence-electron chi connectivity index (χ4n) is 5.93. The highest BCUT2D eigenvalue weighted by Crippen LogP contribution is 2.43. The number of aromatic nitrogens is 2. The fourth-order valence-corrected chi connectivity index (χ4v) is 5.93. The molecule has 4 rings (SSSR count). The molecule has 1 fully saturated rings. The zero-order valence-corrected chi connectivity index (χ0v) is 19.9. The van der Waals surface area contributed by atoms with Gasteiger partial charge in [-0.3, -0.25) is 9.59 Å². The Morgan fingerprint density at radius 1 is 1.09 bits per heavy atom. The SMILES string of the molecule is Cc1cc(C)cc(C2(Cc3nc(=O)c(O)c4n3C[C@H](C)N(C(C)C)C4=O)CCCCC2)c1. The maximum absolute atomic E-state index is 13.3. The maximum atomic E-state index is 13.3. The number of hydrogen-bond acceptors (Lipinski definition) is 4. The molecule has 0 spiro atoms. The van der Waals surface area contributed by atoms with E-state index in [-0.39, 0.29) is 29.1 Å². The van der Waals surface area contributed by atoms with Crippen LogP contribution < -0.4 is 5.56 Å². The quantitative estimate of drug-likeness (QED) is 0.775. The Morgan fingerprint density at radius 2 is 1.72 bits per heavy atom. The molecule has 6 heteroatoms.